The van der Waals surface area contributed by atoms with E-state index in [1.54, 1.807) is 0 Å². The SMILES string of the molecule is C=CC(C)=CC[C@H]1C(=C)C(O)C[C@H]2C(C)(C)CCC[C@]12C. The Labute approximate surface area is 130 Å². The molecule has 1 N–H and O–H groups in total. The van der Waals surface area contributed by atoms with E-state index in [1.807, 2.05) is 6.08 Å². The molecule has 0 aromatic carbocycles. The zero-order valence-electron chi connectivity index (χ0n) is 14.3. The molecule has 0 spiro atoms. The molecular formula is C20H32O. The Hall–Kier alpha value is -0.820. The van der Waals surface area contributed by atoms with Crippen LogP contribution >= 0.6 is 0 Å². The zero-order chi connectivity index (χ0) is 15.8. The second kappa shape index (κ2) is 5.76. The van der Waals surface area contributed by atoms with Gasteiger partial charge in [-0.1, -0.05) is 58.1 Å². The Morgan fingerprint density at radius 2 is 2.00 bits per heavy atom. The van der Waals surface area contributed by atoms with Crippen molar-refractivity contribution in [3.8, 4) is 0 Å². The van der Waals surface area contributed by atoms with Crippen LogP contribution in [0.2, 0.25) is 0 Å². The predicted octanol–water partition coefficient (Wildman–Crippen LogP) is 5.28. The third-order valence-corrected chi connectivity index (χ3v) is 6.40. The van der Waals surface area contributed by atoms with Gasteiger partial charge in [0.05, 0.1) is 6.10 Å². The van der Waals surface area contributed by atoms with Gasteiger partial charge in [-0.3, -0.25) is 0 Å². The Morgan fingerprint density at radius 1 is 1.33 bits per heavy atom. The largest absolute Gasteiger partial charge is 0.389 e. The number of allylic oxidation sites excluding steroid dienone is 3. The summed E-state index contributed by atoms with van der Waals surface area (Å²) in [5, 5.41) is 10.5. The molecular weight excluding hydrogens is 256 g/mol. The fourth-order valence-corrected chi connectivity index (χ4v) is 5.01. The molecule has 0 aromatic rings. The van der Waals surface area contributed by atoms with Crippen molar-refractivity contribution in [2.45, 2.75) is 65.9 Å². The first-order valence-corrected chi connectivity index (χ1v) is 8.38. The van der Waals surface area contributed by atoms with Crippen LogP contribution in [0.1, 0.15) is 59.8 Å². The molecule has 0 amide bonds. The van der Waals surface area contributed by atoms with Gasteiger partial charge in [-0.25, -0.2) is 0 Å². The van der Waals surface area contributed by atoms with Crippen LogP contribution in [-0.2, 0) is 0 Å². The van der Waals surface area contributed by atoms with Gasteiger partial charge in [-0.05, 0) is 60.8 Å². The lowest BCUT2D eigenvalue weighted by Crippen LogP contribution is -2.52. The molecule has 118 valence electrons. The van der Waals surface area contributed by atoms with Crippen molar-refractivity contribution < 1.29 is 5.11 Å². The van der Waals surface area contributed by atoms with Crippen molar-refractivity contribution >= 4 is 0 Å². The van der Waals surface area contributed by atoms with Crippen LogP contribution in [0.15, 0.2) is 36.5 Å². The molecule has 2 rings (SSSR count). The molecule has 0 saturated heterocycles. The van der Waals surface area contributed by atoms with Crippen LogP contribution in [0.4, 0.5) is 0 Å². The van der Waals surface area contributed by atoms with Crippen LogP contribution in [0, 0.1) is 22.7 Å². The molecule has 1 nitrogen and oxygen atoms in total. The number of hydrogen-bond donors (Lipinski definition) is 1. The summed E-state index contributed by atoms with van der Waals surface area (Å²) in [6.07, 6.45) is 9.56. The average molecular weight is 288 g/mol. The maximum Gasteiger partial charge on any atom is 0.0753 e. The second-order valence-corrected chi connectivity index (χ2v) is 8.17. The van der Waals surface area contributed by atoms with E-state index < -0.39 is 0 Å². The first-order valence-electron chi connectivity index (χ1n) is 8.38. The lowest BCUT2D eigenvalue weighted by Gasteiger charge is -2.59. The molecule has 2 fully saturated rings. The molecule has 0 aromatic heterocycles. The van der Waals surface area contributed by atoms with Crippen LogP contribution in [-0.4, -0.2) is 11.2 Å². The van der Waals surface area contributed by atoms with Crippen LogP contribution in [0.25, 0.3) is 0 Å². The lowest BCUT2D eigenvalue weighted by atomic mass is 9.46. The van der Waals surface area contributed by atoms with Crippen molar-refractivity contribution in [3.05, 3.63) is 36.5 Å². The third kappa shape index (κ3) is 2.90. The highest BCUT2D eigenvalue weighted by molar-refractivity contribution is 5.23. The van der Waals surface area contributed by atoms with E-state index in [0.717, 1.165) is 18.4 Å². The Kier molecular flexibility index (Phi) is 4.54. The lowest BCUT2D eigenvalue weighted by molar-refractivity contribution is -0.0809. The molecule has 2 aliphatic carbocycles. The fourth-order valence-electron chi connectivity index (χ4n) is 5.01. The number of fused-ring (bicyclic) bond motifs is 1. The fraction of sp³-hybridized carbons (Fsp3) is 0.700. The monoisotopic (exact) mass is 288 g/mol. The van der Waals surface area contributed by atoms with E-state index in [-0.39, 0.29) is 11.5 Å². The summed E-state index contributed by atoms with van der Waals surface area (Å²) >= 11 is 0. The molecule has 1 heteroatoms. The van der Waals surface area contributed by atoms with Crippen molar-refractivity contribution in [3.63, 3.8) is 0 Å². The van der Waals surface area contributed by atoms with Gasteiger partial charge in [0.25, 0.3) is 0 Å². The van der Waals surface area contributed by atoms with Gasteiger partial charge in [-0.15, -0.1) is 0 Å². The highest BCUT2D eigenvalue weighted by atomic mass is 16.3. The van der Waals surface area contributed by atoms with Gasteiger partial charge in [0, 0.05) is 0 Å². The normalized spacial score (nSPS) is 39.8. The average Bonchev–Trinajstić information content (AvgIpc) is 2.41. The smallest absolute Gasteiger partial charge is 0.0753 e. The molecule has 2 saturated carbocycles. The zero-order valence-corrected chi connectivity index (χ0v) is 14.3. The molecule has 0 bridgehead atoms. The summed E-state index contributed by atoms with van der Waals surface area (Å²) in [7, 11) is 0. The molecule has 4 atom stereocenters. The van der Waals surface area contributed by atoms with Crippen molar-refractivity contribution in [1.82, 2.24) is 0 Å². The molecule has 0 heterocycles. The molecule has 1 unspecified atom stereocenters. The summed E-state index contributed by atoms with van der Waals surface area (Å²) in [6.45, 7) is 17.4. The minimum Gasteiger partial charge on any atom is -0.389 e. The number of aliphatic hydroxyl groups is 1. The minimum absolute atomic E-state index is 0.274. The first kappa shape index (κ1) is 16.5. The van der Waals surface area contributed by atoms with Crippen molar-refractivity contribution in [2.24, 2.45) is 22.7 Å². The van der Waals surface area contributed by atoms with Crippen LogP contribution in [0.3, 0.4) is 0 Å². The van der Waals surface area contributed by atoms with Gasteiger partial charge < -0.3 is 5.11 Å². The standard InChI is InChI=1S/C20H32O/c1-7-14(2)9-10-16-15(3)17(21)13-18-19(4,5)11-8-12-20(16,18)6/h7,9,16-18,21H,1,3,8,10-13H2,2,4-6H3/t16-,17?,18-,20+/m0/s1. The first-order chi connectivity index (χ1) is 9.72. The quantitative estimate of drug-likeness (QED) is 0.553. The Balaban J connectivity index is 2.35. The van der Waals surface area contributed by atoms with E-state index in [1.165, 1.54) is 24.8 Å². The minimum atomic E-state index is -0.331. The van der Waals surface area contributed by atoms with E-state index in [0.29, 0.717) is 17.3 Å². The second-order valence-electron chi connectivity index (χ2n) is 8.17. The number of aliphatic hydroxyl groups excluding tert-OH is 1. The summed E-state index contributed by atoms with van der Waals surface area (Å²) < 4.78 is 0. The van der Waals surface area contributed by atoms with E-state index >= 15 is 0 Å². The highest BCUT2D eigenvalue weighted by Gasteiger charge is 2.54. The van der Waals surface area contributed by atoms with Gasteiger partial charge in [-0.2, -0.15) is 0 Å². The maximum atomic E-state index is 10.5. The van der Waals surface area contributed by atoms with Gasteiger partial charge in [0.1, 0.15) is 0 Å². The number of hydrogen-bond acceptors (Lipinski definition) is 1. The van der Waals surface area contributed by atoms with Crippen LogP contribution < -0.4 is 0 Å². The van der Waals surface area contributed by atoms with E-state index in [4.69, 9.17) is 0 Å². The maximum absolute atomic E-state index is 10.5. The third-order valence-electron chi connectivity index (χ3n) is 6.40. The topological polar surface area (TPSA) is 20.2 Å². The highest BCUT2D eigenvalue weighted by Crippen LogP contribution is 2.61. The summed E-state index contributed by atoms with van der Waals surface area (Å²) in [5.74, 6) is 0.974. The van der Waals surface area contributed by atoms with Gasteiger partial charge >= 0.3 is 0 Å². The number of rotatable bonds is 3. The molecule has 21 heavy (non-hydrogen) atoms. The van der Waals surface area contributed by atoms with Crippen molar-refractivity contribution in [2.75, 3.05) is 0 Å². The van der Waals surface area contributed by atoms with Gasteiger partial charge in [0.2, 0.25) is 0 Å². The summed E-state index contributed by atoms with van der Waals surface area (Å²) in [6, 6.07) is 0. The summed E-state index contributed by atoms with van der Waals surface area (Å²) in [5.41, 5.74) is 2.87. The van der Waals surface area contributed by atoms with Crippen molar-refractivity contribution in [1.29, 1.82) is 0 Å². The predicted molar refractivity (Wildman–Crippen MR) is 91.1 cm³/mol. The van der Waals surface area contributed by atoms with Crippen LogP contribution in [0.5, 0.6) is 0 Å². The van der Waals surface area contributed by atoms with Gasteiger partial charge in [0.15, 0.2) is 0 Å². The van der Waals surface area contributed by atoms with E-state index in [2.05, 4.69) is 46.9 Å². The van der Waals surface area contributed by atoms with E-state index in [9.17, 15) is 5.11 Å². The molecule has 2 aliphatic rings. The summed E-state index contributed by atoms with van der Waals surface area (Å²) in [4.78, 5) is 0. The molecule has 0 radical (unpaired) electrons. The Morgan fingerprint density at radius 3 is 2.62 bits per heavy atom. The molecule has 0 aliphatic heterocycles. The Bertz CT molecular complexity index is 456.